The van der Waals surface area contributed by atoms with Crippen LogP contribution in [0, 0.1) is 0 Å². The molecule has 2 aromatic carbocycles. The van der Waals surface area contributed by atoms with Gasteiger partial charge in [-0.15, -0.1) is 0 Å². The number of nitrogens with zero attached hydrogens (tertiary/aromatic N) is 3. The van der Waals surface area contributed by atoms with Gasteiger partial charge in [0, 0.05) is 17.0 Å². The van der Waals surface area contributed by atoms with Gasteiger partial charge in [-0.1, -0.05) is 12.1 Å². The minimum absolute atomic E-state index is 0.560. The Morgan fingerprint density at radius 1 is 0.964 bits per heavy atom. The second-order valence-corrected chi connectivity index (χ2v) is 5.94. The number of methoxy groups -OCH3 is 3. The normalized spacial score (nSPS) is 11.2. The van der Waals surface area contributed by atoms with Crippen LogP contribution in [-0.4, -0.2) is 42.5 Å². The van der Waals surface area contributed by atoms with Crippen LogP contribution in [-0.2, 0) is 0 Å². The van der Waals surface area contributed by atoms with Crippen LogP contribution in [0.1, 0.15) is 5.56 Å². The highest BCUT2D eigenvalue weighted by Gasteiger charge is 2.14. The first-order chi connectivity index (χ1) is 13.7. The van der Waals surface area contributed by atoms with Gasteiger partial charge in [0.1, 0.15) is 23.1 Å². The second-order valence-electron chi connectivity index (χ2n) is 5.94. The first-order valence-electron chi connectivity index (χ1n) is 8.55. The maximum absolute atomic E-state index is 5.40. The van der Waals surface area contributed by atoms with E-state index in [1.54, 1.807) is 27.5 Å². The number of rotatable bonds is 6. The van der Waals surface area contributed by atoms with Crippen molar-refractivity contribution in [1.29, 1.82) is 0 Å². The summed E-state index contributed by atoms with van der Waals surface area (Å²) in [6, 6.07) is 11.4. The van der Waals surface area contributed by atoms with E-state index in [1.807, 2.05) is 36.4 Å². The number of aromatic nitrogens is 3. The molecule has 8 heteroatoms. The molecule has 0 bridgehead atoms. The van der Waals surface area contributed by atoms with E-state index in [2.05, 4.69) is 25.5 Å². The molecule has 0 aliphatic heterocycles. The molecule has 0 amide bonds. The lowest BCUT2D eigenvalue weighted by atomic mass is 10.2. The first kappa shape index (κ1) is 17.6. The van der Waals surface area contributed by atoms with Crippen LogP contribution in [0.3, 0.4) is 0 Å². The van der Waals surface area contributed by atoms with E-state index >= 15 is 0 Å². The summed E-state index contributed by atoms with van der Waals surface area (Å²) in [5.74, 6) is 2.58. The average molecular weight is 377 g/mol. The molecule has 0 unspecified atom stereocenters. The lowest BCUT2D eigenvalue weighted by Gasteiger charge is -2.06. The van der Waals surface area contributed by atoms with E-state index in [-0.39, 0.29) is 0 Å². The smallest absolute Gasteiger partial charge is 0.174 e. The average Bonchev–Trinajstić information content (AvgIpc) is 3.11. The van der Waals surface area contributed by atoms with Crippen molar-refractivity contribution in [2.45, 2.75) is 0 Å². The number of H-pyrrole nitrogens is 1. The van der Waals surface area contributed by atoms with Crippen molar-refractivity contribution in [2.24, 2.45) is 5.10 Å². The highest BCUT2D eigenvalue weighted by molar-refractivity contribution is 6.09. The van der Waals surface area contributed by atoms with Crippen LogP contribution in [0.5, 0.6) is 17.2 Å². The van der Waals surface area contributed by atoms with Gasteiger partial charge < -0.3 is 19.2 Å². The summed E-state index contributed by atoms with van der Waals surface area (Å²) in [6.07, 6.45) is 3.18. The number of benzene rings is 2. The van der Waals surface area contributed by atoms with Gasteiger partial charge in [0.25, 0.3) is 0 Å². The predicted molar refractivity (Wildman–Crippen MR) is 109 cm³/mol. The molecule has 0 saturated carbocycles. The van der Waals surface area contributed by atoms with Crippen molar-refractivity contribution in [1.82, 2.24) is 15.0 Å². The molecule has 2 N–H and O–H groups in total. The Morgan fingerprint density at radius 3 is 2.50 bits per heavy atom. The van der Waals surface area contributed by atoms with Crippen LogP contribution in [0.25, 0.3) is 21.9 Å². The van der Waals surface area contributed by atoms with E-state index in [1.165, 1.54) is 6.33 Å². The molecule has 8 nitrogen and oxygen atoms in total. The monoisotopic (exact) mass is 377 g/mol. The summed E-state index contributed by atoms with van der Waals surface area (Å²) in [6.45, 7) is 0. The van der Waals surface area contributed by atoms with Crippen LogP contribution in [0.4, 0.5) is 5.82 Å². The lowest BCUT2D eigenvalue weighted by molar-refractivity contribution is 0.356. The standard InChI is InChI=1S/C20H19N5O3/c1-26-15-7-5-4-6-12(15)10-23-25-20-19-18(21-11-22-20)13-8-16(27-2)17(28-3)9-14(13)24-19/h4-11,24H,1-3H3,(H,21,22,25). The van der Waals surface area contributed by atoms with Crippen LogP contribution < -0.4 is 19.6 Å². The molecule has 0 spiro atoms. The van der Waals surface area contributed by atoms with Crippen molar-refractivity contribution in [3.63, 3.8) is 0 Å². The fourth-order valence-electron chi connectivity index (χ4n) is 3.04. The van der Waals surface area contributed by atoms with Crippen LogP contribution >= 0.6 is 0 Å². The summed E-state index contributed by atoms with van der Waals surface area (Å²) >= 11 is 0. The Labute approximate surface area is 161 Å². The molecule has 0 atom stereocenters. The zero-order valence-corrected chi connectivity index (χ0v) is 15.7. The topological polar surface area (TPSA) is 93.7 Å². The molecular formula is C20H19N5O3. The SMILES string of the molecule is COc1ccccc1C=NNc1ncnc2c1[nH]c1cc(OC)c(OC)cc12. The Hall–Kier alpha value is -3.81. The van der Waals surface area contributed by atoms with E-state index in [0.717, 1.165) is 33.2 Å². The van der Waals surface area contributed by atoms with Gasteiger partial charge in [-0.2, -0.15) is 5.10 Å². The van der Waals surface area contributed by atoms with Crippen molar-refractivity contribution < 1.29 is 14.2 Å². The Kier molecular flexibility index (Phi) is 4.67. The van der Waals surface area contributed by atoms with Gasteiger partial charge in [-0.05, 0) is 18.2 Å². The third-order valence-electron chi connectivity index (χ3n) is 4.40. The third-order valence-corrected chi connectivity index (χ3v) is 4.40. The van der Waals surface area contributed by atoms with Crippen molar-refractivity contribution in [2.75, 3.05) is 26.8 Å². The number of hydrazone groups is 1. The minimum atomic E-state index is 0.560. The lowest BCUT2D eigenvalue weighted by Crippen LogP contribution is -1.96. The quantitative estimate of drug-likeness (QED) is 0.394. The van der Waals surface area contributed by atoms with E-state index in [9.17, 15) is 0 Å². The summed E-state index contributed by atoms with van der Waals surface area (Å²) < 4.78 is 16.1. The molecule has 0 fully saturated rings. The fourth-order valence-corrected chi connectivity index (χ4v) is 3.04. The van der Waals surface area contributed by atoms with E-state index in [4.69, 9.17) is 14.2 Å². The highest BCUT2D eigenvalue weighted by Crippen LogP contribution is 2.36. The Morgan fingerprint density at radius 2 is 1.71 bits per heavy atom. The fraction of sp³-hybridized carbons (Fsp3) is 0.150. The molecule has 0 saturated heterocycles. The van der Waals surface area contributed by atoms with Gasteiger partial charge in [-0.3, -0.25) is 5.43 Å². The maximum Gasteiger partial charge on any atom is 0.174 e. The molecule has 0 radical (unpaired) electrons. The molecule has 0 aliphatic rings. The summed E-state index contributed by atoms with van der Waals surface area (Å²) in [5.41, 5.74) is 6.20. The van der Waals surface area contributed by atoms with Gasteiger partial charge in [0.05, 0.1) is 33.1 Å². The Bertz CT molecular complexity index is 1170. The number of hydrogen-bond acceptors (Lipinski definition) is 7. The third kappa shape index (κ3) is 3.05. The van der Waals surface area contributed by atoms with Gasteiger partial charge >= 0.3 is 0 Å². The molecule has 4 rings (SSSR count). The van der Waals surface area contributed by atoms with Crippen LogP contribution in [0.15, 0.2) is 47.8 Å². The number of nitrogens with one attached hydrogen (secondary N) is 2. The highest BCUT2D eigenvalue weighted by atomic mass is 16.5. The number of para-hydroxylation sites is 1. The zero-order valence-electron chi connectivity index (χ0n) is 15.7. The second kappa shape index (κ2) is 7.43. The summed E-state index contributed by atoms with van der Waals surface area (Å²) in [5, 5.41) is 5.20. The number of fused-ring (bicyclic) bond motifs is 3. The largest absolute Gasteiger partial charge is 0.496 e. The minimum Gasteiger partial charge on any atom is -0.496 e. The van der Waals surface area contributed by atoms with E-state index in [0.29, 0.717) is 17.3 Å². The van der Waals surface area contributed by atoms with Crippen molar-refractivity contribution >= 4 is 34.0 Å². The van der Waals surface area contributed by atoms with Crippen molar-refractivity contribution in [3.8, 4) is 17.2 Å². The van der Waals surface area contributed by atoms with Crippen molar-refractivity contribution in [3.05, 3.63) is 48.3 Å². The molecule has 0 aliphatic carbocycles. The summed E-state index contributed by atoms with van der Waals surface area (Å²) in [4.78, 5) is 12.0. The molecule has 2 heterocycles. The molecule has 4 aromatic rings. The first-order valence-corrected chi connectivity index (χ1v) is 8.55. The number of ether oxygens (including phenoxy) is 3. The molecular weight excluding hydrogens is 358 g/mol. The summed E-state index contributed by atoms with van der Waals surface area (Å²) in [7, 11) is 4.83. The number of anilines is 1. The van der Waals surface area contributed by atoms with Gasteiger partial charge in [0.2, 0.25) is 0 Å². The van der Waals surface area contributed by atoms with E-state index < -0.39 is 0 Å². The van der Waals surface area contributed by atoms with Gasteiger partial charge in [0.15, 0.2) is 17.3 Å². The molecule has 28 heavy (non-hydrogen) atoms. The molecule has 2 aromatic heterocycles. The molecule has 142 valence electrons. The number of aromatic amines is 1. The zero-order chi connectivity index (χ0) is 19.5. The maximum atomic E-state index is 5.40. The van der Waals surface area contributed by atoms with Gasteiger partial charge in [-0.25, -0.2) is 9.97 Å². The van der Waals surface area contributed by atoms with Crippen LogP contribution in [0.2, 0.25) is 0 Å². The number of hydrogen-bond donors (Lipinski definition) is 2. The predicted octanol–water partition coefficient (Wildman–Crippen LogP) is 3.58. The Balaban J connectivity index is 1.72.